The summed E-state index contributed by atoms with van der Waals surface area (Å²) in [7, 11) is 0. The van der Waals surface area contributed by atoms with Gasteiger partial charge in [0.2, 0.25) is 0 Å². The van der Waals surface area contributed by atoms with Crippen LogP contribution < -0.4 is 4.78 Å². The third-order valence-electron chi connectivity index (χ3n) is 1.09. The standard InChI is InChI=1S/C4HBF6NS/c6-4(7,8)3-12-1-2(13-3)5(9,10)11/h1H/q-1. The molecule has 0 aliphatic carbocycles. The molecule has 0 aliphatic rings. The molecule has 0 saturated heterocycles. The van der Waals surface area contributed by atoms with Gasteiger partial charge in [0.15, 0.2) is 5.01 Å². The smallest absolute Gasteiger partial charge is 0.444 e. The predicted molar refractivity (Wildman–Crippen MR) is 35.8 cm³/mol. The summed E-state index contributed by atoms with van der Waals surface area (Å²) in [6, 6.07) is 0. The lowest BCUT2D eigenvalue weighted by Crippen LogP contribution is -2.31. The minimum atomic E-state index is -5.38. The van der Waals surface area contributed by atoms with Gasteiger partial charge in [0.25, 0.3) is 0 Å². The van der Waals surface area contributed by atoms with Crippen molar-refractivity contribution < 1.29 is 26.1 Å². The fourth-order valence-corrected chi connectivity index (χ4v) is 1.25. The summed E-state index contributed by atoms with van der Waals surface area (Å²) in [5.41, 5.74) is 0. The molecule has 0 atom stereocenters. The van der Waals surface area contributed by atoms with Crippen molar-refractivity contribution in [3.8, 4) is 0 Å². The monoisotopic (exact) mass is 220 g/mol. The highest BCUT2D eigenvalue weighted by molar-refractivity contribution is 7.23. The van der Waals surface area contributed by atoms with Crippen LogP contribution in [-0.4, -0.2) is 12.0 Å². The van der Waals surface area contributed by atoms with Crippen LogP contribution >= 0.6 is 11.3 Å². The maximum absolute atomic E-state index is 11.9. The Labute approximate surface area is 72.5 Å². The van der Waals surface area contributed by atoms with E-state index in [-0.39, 0.29) is 17.5 Å². The molecular weight excluding hydrogens is 219 g/mol. The highest BCUT2D eigenvalue weighted by Gasteiger charge is 2.37. The average molecular weight is 220 g/mol. The topological polar surface area (TPSA) is 12.9 Å². The van der Waals surface area contributed by atoms with Gasteiger partial charge in [-0.2, -0.15) is 13.2 Å². The lowest BCUT2D eigenvalue weighted by molar-refractivity contribution is -0.137. The molecule has 0 aliphatic heterocycles. The van der Waals surface area contributed by atoms with E-state index in [4.69, 9.17) is 0 Å². The summed E-state index contributed by atoms with van der Waals surface area (Å²) in [5, 5.41) is -1.47. The van der Waals surface area contributed by atoms with Crippen molar-refractivity contribution in [2.45, 2.75) is 6.18 Å². The Balaban J connectivity index is 3.01. The third-order valence-corrected chi connectivity index (χ3v) is 2.23. The van der Waals surface area contributed by atoms with Crippen LogP contribution in [0.15, 0.2) is 6.20 Å². The second kappa shape index (κ2) is 2.90. The van der Waals surface area contributed by atoms with Gasteiger partial charge in [0.05, 0.1) is 0 Å². The number of hydrogen-bond donors (Lipinski definition) is 0. The molecule has 0 unspecified atom stereocenters. The van der Waals surface area contributed by atoms with Gasteiger partial charge in [-0.1, -0.05) is 0 Å². The Morgan fingerprint density at radius 3 is 2.00 bits per heavy atom. The van der Waals surface area contributed by atoms with Crippen molar-refractivity contribution in [3.63, 3.8) is 0 Å². The number of hydrogen-bond acceptors (Lipinski definition) is 2. The number of aromatic nitrogens is 1. The van der Waals surface area contributed by atoms with E-state index in [0.717, 1.165) is 0 Å². The van der Waals surface area contributed by atoms with Crippen molar-refractivity contribution in [2.24, 2.45) is 0 Å². The van der Waals surface area contributed by atoms with E-state index < -0.39 is 22.9 Å². The normalized spacial score (nSPS) is 13.4. The van der Waals surface area contributed by atoms with Crippen LogP contribution in [0.4, 0.5) is 26.1 Å². The Bertz CT molecular complexity index is 272. The van der Waals surface area contributed by atoms with Crippen LogP contribution in [0, 0.1) is 0 Å². The molecule has 1 rings (SSSR count). The molecule has 9 heteroatoms. The van der Waals surface area contributed by atoms with E-state index >= 15 is 0 Å². The first-order chi connectivity index (χ1) is 5.71. The van der Waals surface area contributed by atoms with Crippen LogP contribution in [0.2, 0.25) is 0 Å². The largest absolute Gasteiger partial charge is 0.521 e. The summed E-state index contributed by atoms with van der Waals surface area (Å²) < 4.78 is 69.6. The molecule has 0 saturated carbocycles. The second-order valence-electron chi connectivity index (χ2n) is 2.14. The minimum absolute atomic E-state index is 0.202. The van der Waals surface area contributed by atoms with E-state index in [1.165, 1.54) is 0 Å². The van der Waals surface area contributed by atoms with Gasteiger partial charge < -0.3 is 12.9 Å². The van der Waals surface area contributed by atoms with Crippen LogP contribution in [0.25, 0.3) is 0 Å². The molecule has 1 aromatic heterocycles. The maximum atomic E-state index is 11.9. The zero-order chi connectivity index (χ0) is 10.3. The summed E-state index contributed by atoms with van der Waals surface area (Å²) >= 11 is -0.387. The first kappa shape index (κ1) is 10.4. The van der Waals surface area contributed by atoms with E-state index in [1.807, 2.05) is 0 Å². The van der Waals surface area contributed by atoms with Crippen molar-refractivity contribution in [3.05, 3.63) is 11.2 Å². The van der Waals surface area contributed by atoms with E-state index in [9.17, 15) is 26.1 Å². The molecule has 1 heterocycles. The first-order valence-corrected chi connectivity index (χ1v) is 3.76. The predicted octanol–water partition coefficient (Wildman–Crippen LogP) is 2.22. The van der Waals surface area contributed by atoms with Gasteiger partial charge in [-0.15, -0.1) is 11.3 Å². The van der Waals surface area contributed by atoms with Crippen molar-refractivity contribution >= 4 is 23.1 Å². The van der Waals surface area contributed by atoms with Crippen LogP contribution in [0.1, 0.15) is 5.01 Å². The van der Waals surface area contributed by atoms with Crippen molar-refractivity contribution in [1.82, 2.24) is 4.98 Å². The van der Waals surface area contributed by atoms with E-state index in [0.29, 0.717) is 0 Å². The Kier molecular flexibility index (Phi) is 2.31. The van der Waals surface area contributed by atoms with E-state index in [1.54, 1.807) is 0 Å². The SMILES string of the molecule is F[B-](F)(F)c1cnc(C(F)(F)F)s1. The summed E-state index contributed by atoms with van der Waals surface area (Å²) in [4.78, 5) is 2.64. The lowest BCUT2D eigenvalue weighted by Gasteiger charge is -2.09. The third kappa shape index (κ3) is 2.36. The van der Waals surface area contributed by atoms with Gasteiger partial charge in [-0.05, 0) is 4.78 Å². The zero-order valence-corrected chi connectivity index (χ0v) is 6.59. The number of thiazole rings is 1. The van der Waals surface area contributed by atoms with Gasteiger partial charge in [-0.3, -0.25) is 0 Å². The van der Waals surface area contributed by atoms with Gasteiger partial charge >= 0.3 is 13.2 Å². The average Bonchev–Trinajstić information content (AvgIpc) is 2.28. The Morgan fingerprint density at radius 2 is 1.77 bits per heavy atom. The zero-order valence-electron chi connectivity index (χ0n) is 5.78. The lowest BCUT2D eigenvalue weighted by atomic mass is 9.91. The molecule has 74 valence electrons. The number of rotatable bonds is 1. The number of alkyl halides is 3. The number of nitrogens with zero attached hydrogens (tertiary/aromatic N) is 1. The second-order valence-corrected chi connectivity index (χ2v) is 3.20. The Morgan fingerprint density at radius 1 is 1.23 bits per heavy atom. The Hall–Kier alpha value is -0.725. The molecule has 0 N–H and O–H groups in total. The quantitative estimate of drug-likeness (QED) is 0.522. The summed E-state index contributed by atoms with van der Waals surface area (Å²) in [6.45, 7) is -5.38. The van der Waals surface area contributed by atoms with Gasteiger partial charge in [0, 0.05) is 6.20 Å². The summed E-state index contributed by atoms with van der Waals surface area (Å²) in [6.07, 6.45) is -4.60. The van der Waals surface area contributed by atoms with E-state index in [2.05, 4.69) is 4.98 Å². The first-order valence-electron chi connectivity index (χ1n) is 2.94. The highest BCUT2D eigenvalue weighted by atomic mass is 32.1. The summed E-state index contributed by atoms with van der Waals surface area (Å²) in [5.74, 6) is 0. The van der Waals surface area contributed by atoms with Crippen LogP contribution in [0.5, 0.6) is 0 Å². The van der Waals surface area contributed by atoms with Crippen molar-refractivity contribution in [2.75, 3.05) is 0 Å². The molecule has 0 bridgehead atoms. The molecule has 0 amide bonds. The van der Waals surface area contributed by atoms with Gasteiger partial charge in [-0.25, -0.2) is 4.98 Å². The minimum Gasteiger partial charge on any atom is -0.444 e. The van der Waals surface area contributed by atoms with Gasteiger partial charge in [0.1, 0.15) is 0 Å². The molecule has 13 heavy (non-hydrogen) atoms. The highest BCUT2D eigenvalue weighted by Crippen LogP contribution is 2.30. The van der Waals surface area contributed by atoms with Crippen LogP contribution in [0.3, 0.4) is 0 Å². The molecule has 0 radical (unpaired) electrons. The van der Waals surface area contributed by atoms with Crippen molar-refractivity contribution in [1.29, 1.82) is 0 Å². The molecule has 1 aromatic rings. The number of halogens is 6. The molecular formula is C4HBF6NS-. The molecule has 0 fully saturated rings. The van der Waals surface area contributed by atoms with Crippen LogP contribution in [-0.2, 0) is 6.18 Å². The fraction of sp³-hybridized carbons (Fsp3) is 0.250. The molecule has 1 nitrogen and oxygen atoms in total. The molecule has 0 aromatic carbocycles. The fourth-order valence-electron chi connectivity index (χ4n) is 0.569. The molecule has 0 spiro atoms. The maximum Gasteiger partial charge on any atom is 0.521 e.